The number of carbonyl (C=O) groups excluding carboxylic acids is 2. The van der Waals surface area contributed by atoms with Gasteiger partial charge < -0.3 is 15.4 Å². The summed E-state index contributed by atoms with van der Waals surface area (Å²) in [6, 6.07) is 15.5. The lowest BCUT2D eigenvalue weighted by Gasteiger charge is -2.27. The molecule has 1 aromatic heterocycles. The van der Waals surface area contributed by atoms with Crippen LogP contribution in [0.25, 0.3) is 10.8 Å². The Labute approximate surface area is 212 Å². The van der Waals surface area contributed by atoms with Crippen LogP contribution in [0, 0.1) is 5.92 Å². The fourth-order valence-corrected chi connectivity index (χ4v) is 5.20. The van der Waals surface area contributed by atoms with E-state index in [2.05, 4.69) is 32.7 Å². The third-order valence-corrected chi connectivity index (χ3v) is 7.26. The molecule has 2 aromatic carbocycles. The number of aromatic nitrogens is 1. The van der Waals surface area contributed by atoms with Gasteiger partial charge in [-0.1, -0.05) is 36.8 Å². The van der Waals surface area contributed by atoms with Gasteiger partial charge in [-0.3, -0.25) is 14.5 Å². The van der Waals surface area contributed by atoms with Gasteiger partial charge in [0.2, 0.25) is 0 Å². The van der Waals surface area contributed by atoms with E-state index in [9.17, 15) is 9.59 Å². The Hall–Kier alpha value is -3.29. The van der Waals surface area contributed by atoms with Crippen molar-refractivity contribution < 1.29 is 14.3 Å². The summed E-state index contributed by atoms with van der Waals surface area (Å²) in [7, 11) is 0. The summed E-state index contributed by atoms with van der Waals surface area (Å²) < 4.78 is 5.40. The lowest BCUT2D eigenvalue weighted by molar-refractivity contribution is 0.0642. The summed E-state index contributed by atoms with van der Waals surface area (Å²) in [4.78, 5) is 33.1. The monoisotopic (exact) mass is 486 g/mol. The number of hydrogen-bond acceptors (Lipinski definition) is 5. The van der Waals surface area contributed by atoms with Crippen molar-refractivity contribution in [1.29, 1.82) is 0 Å². The number of carbonyl (C=O) groups is 2. The highest BCUT2D eigenvalue weighted by molar-refractivity contribution is 6.15. The molecule has 0 spiro atoms. The first-order chi connectivity index (χ1) is 17.7. The van der Waals surface area contributed by atoms with E-state index in [1.807, 2.05) is 24.3 Å². The average molecular weight is 487 g/mol. The fraction of sp³-hybridized carbons (Fsp3) is 0.414. The van der Waals surface area contributed by atoms with Crippen LogP contribution in [0.3, 0.4) is 0 Å². The Kier molecular flexibility index (Phi) is 7.88. The Balaban J connectivity index is 1.33. The summed E-state index contributed by atoms with van der Waals surface area (Å²) in [6.07, 6.45) is 7.24. The molecule has 0 radical (unpaired) electrons. The van der Waals surface area contributed by atoms with Gasteiger partial charge in [0.05, 0.1) is 5.69 Å². The van der Waals surface area contributed by atoms with Crippen molar-refractivity contribution in [1.82, 2.24) is 15.2 Å². The molecule has 7 nitrogen and oxygen atoms in total. The quantitative estimate of drug-likeness (QED) is 0.509. The molecule has 2 aliphatic rings. The molecule has 3 heterocycles. The van der Waals surface area contributed by atoms with Gasteiger partial charge in [-0.15, -0.1) is 0 Å². The number of fused-ring (bicyclic) bond motifs is 1. The van der Waals surface area contributed by atoms with Crippen LogP contribution in [0.1, 0.15) is 58.5 Å². The van der Waals surface area contributed by atoms with Crippen molar-refractivity contribution >= 4 is 28.3 Å². The van der Waals surface area contributed by atoms with E-state index in [1.165, 1.54) is 24.8 Å². The van der Waals surface area contributed by atoms with Gasteiger partial charge >= 0.3 is 0 Å². The van der Waals surface area contributed by atoms with Gasteiger partial charge in [0.1, 0.15) is 0 Å². The first-order valence-electron chi connectivity index (χ1n) is 13.0. The zero-order chi connectivity index (χ0) is 24.7. The molecule has 3 aromatic rings. The molecular weight excluding hydrogens is 452 g/mol. The van der Waals surface area contributed by atoms with Crippen molar-refractivity contribution in [3.8, 4) is 0 Å². The number of nitrogens with zero attached hydrogens (tertiary/aromatic N) is 2. The van der Waals surface area contributed by atoms with Gasteiger partial charge in [-0.2, -0.15) is 0 Å². The molecule has 0 bridgehead atoms. The van der Waals surface area contributed by atoms with Gasteiger partial charge in [0.15, 0.2) is 5.69 Å². The second-order valence-electron chi connectivity index (χ2n) is 9.77. The molecule has 2 fully saturated rings. The number of benzene rings is 2. The molecule has 2 amide bonds. The minimum absolute atomic E-state index is 0.226. The summed E-state index contributed by atoms with van der Waals surface area (Å²) in [5, 5.41) is 7.94. The van der Waals surface area contributed by atoms with Crippen LogP contribution < -0.4 is 10.6 Å². The molecule has 2 aliphatic heterocycles. The molecule has 0 aliphatic carbocycles. The Bertz CT molecular complexity index is 1220. The Morgan fingerprint density at radius 3 is 2.50 bits per heavy atom. The topological polar surface area (TPSA) is 83.6 Å². The summed E-state index contributed by atoms with van der Waals surface area (Å²) >= 11 is 0. The van der Waals surface area contributed by atoms with Crippen molar-refractivity contribution in [2.75, 3.05) is 38.2 Å². The molecule has 188 valence electrons. The van der Waals surface area contributed by atoms with Crippen LogP contribution in [-0.2, 0) is 11.3 Å². The van der Waals surface area contributed by atoms with Gasteiger partial charge in [0.25, 0.3) is 11.8 Å². The lowest BCUT2D eigenvalue weighted by atomic mass is 9.98. The first kappa shape index (κ1) is 24.4. The molecule has 2 N–H and O–H groups in total. The highest BCUT2D eigenvalue weighted by Gasteiger charge is 2.20. The number of pyridine rings is 1. The number of amides is 2. The van der Waals surface area contributed by atoms with E-state index in [0.717, 1.165) is 56.5 Å². The zero-order valence-electron chi connectivity index (χ0n) is 20.7. The number of nitrogens with one attached hydrogen (secondary N) is 2. The number of hydrogen-bond donors (Lipinski definition) is 2. The zero-order valence-corrected chi connectivity index (χ0v) is 20.7. The highest BCUT2D eigenvalue weighted by atomic mass is 16.5. The van der Waals surface area contributed by atoms with Gasteiger partial charge in [-0.05, 0) is 79.2 Å². The van der Waals surface area contributed by atoms with E-state index in [1.54, 1.807) is 18.3 Å². The van der Waals surface area contributed by atoms with Crippen LogP contribution >= 0.6 is 0 Å². The summed E-state index contributed by atoms with van der Waals surface area (Å²) in [6.45, 7) is 5.18. The summed E-state index contributed by atoms with van der Waals surface area (Å²) in [5.41, 5.74) is 2.46. The van der Waals surface area contributed by atoms with Gasteiger partial charge in [0, 0.05) is 38.1 Å². The average Bonchev–Trinajstić information content (AvgIpc) is 2.93. The minimum atomic E-state index is -0.279. The second-order valence-corrected chi connectivity index (χ2v) is 9.77. The molecular formula is C29H34N4O3. The summed E-state index contributed by atoms with van der Waals surface area (Å²) in [5.74, 6) is -0.124. The van der Waals surface area contributed by atoms with Crippen LogP contribution in [0.5, 0.6) is 0 Å². The van der Waals surface area contributed by atoms with Crippen LogP contribution in [0.15, 0.2) is 54.7 Å². The van der Waals surface area contributed by atoms with Crippen molar-refractivity contribution in [3.63, 3.8) is 0 Å². The van der Waals surface area contributed by atoms with Crippen LogP contribution in [0.2, 0.25) is 0 Å². The normalized spacial score (nSPS) is 17.1. The Morgan fingerprint density at radius 1 is 0.917 bits per heavy atom. The maximum Gasteiger partial charge on any atom is 0.272 e. The number of ether oxygens (including phenoxy) is 1. The molecule has 0 unspecified atom stereocenters. The molecule has 2 saturated heterocycles. The van der Waals surface area contributed by atoms with Crippen LogP contribution in [-0.4, -0.2) is 54.5 Å². The number of likely N-dealkylation sites (tertiary alicyclic amines) is 1. The maximum absolute atomic E-state index is 13.4. The maximum atomic E-state index is 13.4. The standard InChI is InChI=1S/C29H34N4O3/c34-28(32-26-9-6-14-30-27(26)29(35)31-19-21-12-17-36-18-13-21)25-11-10-22(20-33-15-4-1-5-16-33)23-7-2-3-8-24(23)25/h2-3,6-11,14,21H,1,4-5,12-13,15-20H2,(H,31,35)(H,32,34). The van der Waals surface area contributed by atoms with Crippen molar-refractivity contribution in [2.45, 2.75) is 38.6 Å². The van der Waals surface area contributed by atoms with E-state index in [-0.39, 0.29) is 17.5 Å². The highest BCUT2D eigenvalue weighted by Crippen LogP contribution is 2.26. The molecule has 0 atom stereocenters. The number of piperidine rings is 1. The SMILES string of the molecule is O=C(NCC1CCOCC1)c1ncccc1NC(=O)c1ccc(CN2CCCCC2)c2ccccc12. The van der Waals surface area contributed by atoms with Crippen molar-refractivity contribution in [2.24, 2.45) is 5.92 Å². The van der Waals surface area contributed by atoms with Gasteiger partial charge in [-0.25, -0.2) is 4.98 Å². The van der Waals surface area contributed by atoms with Crippen molar-refractivity contribution in [3.05, 3.63) is 71.5 Å². The van der Waals surface area contributed by atoms with E-state index >= 15 is 0 Å². The minimum Gasteiger partial charge on any atom is -0.381 e. The van der Waals surface area contributed by atoms with Crippen LogP contribution in [0.4, 0.5) is 5.69 Å². The largest absolute Gasteiger partial charge is 0.381 e. The smallest absolute Gasteiger partial charge is 0.272 e. The molecule has 36 heavy (non-hydrogen) atoms. The lowest BCUT2D eigenvalue weighted by Crippen LogP contribution is -2.33. The molecule has 0 saturated carbocycles. The number of anilines is 1. The molecule has 5 rings (SSSR count). The predicted octanol–water partition coefficient (Wildman–Crippen LogP) is 4.63. The van der Waals surface area contributed by atoms with E-state index < -0.39 is 0 Å². The van der Waals surface area contributed by atoms with E-state index in [0.29, 0.717) is 23.7 Å². The second kappa shape index (κ2) is 11.6. The first-order valence-corrected chi connectivity index (χ1v) is 13.0. The predicted molar refractivity (Wildman–Crippen MR) is 141 cm³/mol. The third kappa shape index (κ3) is 5.74. The fourth-order valence-electron chi connectivity index (χ4n) is 5.20. The van der Waals surface area contributed by atoms with E-state index in [4.69, 9.17) is 4.74 Å². The third-order valence-electron chi connectivity index (χ3n) is 7.26. The molecule has 7 heteroatoms. The number of rotatable bonds is 7. The Morgan fingerprint density at radius 2 is 1.69 bits per heavy atom.